The number of nitrogens with zero attached hydrogens (tertiary/aromatic N) is 4. The summed E-state index contributed by atoms with van der Waals surface area (Å²) in [5.41, 5.74) is 2.96. The van der Waals surface area contributed by atoms with E-state index in [2.05, 4.69) is 40.7 Å². The van der Waals surface area contributed by atoms with E-state index < -0.39 is 5.82 Å². The highest BCUT2D eigenvalue weighted by atomic mass is 19.1. The van der Waals surface area contributed by atoms with Crippen molar-refractivity contribution < 1.29 is 9.50 Å². The Labute approximate surface area is 180 Å². The van der Waals surface area contributed by atoms with E-state index in [1.807, 2.05) is 0 Å². The lowest BCUT2D eigenvalue weighted by Gasteiger charge is -2.42. The van der Waals surface area contributed by atoms with E-state index in [0.717, 1.165) is 24.1 Å². The Balaban J connectivity index is 1.39. The van der Waals surface area contributed by atoms with Crippen LogP contribution in [0.1, 0.15) is 45.2 Å². The van der Waals surface area contributed by atoms with Gasteiger partial charge in [-0.25, -0.2) is 9.37 Å². The number of halogens is 1. The van der Waals surface area contributed by atoms with Crippen molar-refractivity contribution in [3.63, 3.8) is 0 Å². The van der Waals surface area contributed by atoms with Crippen LogP contribution in [0.2, 0.25) is 0 Å². The van der Waals surface area contributed by atoms with Gasteiger partial charge in [-0.1, -0.05) is 6.58 Å². The van der Waals surface area contributed by atoms with Gasteiger partial charge in [-0.3, -0.25) is 9.97 Å². The number of hydrogen-bond donors (Lipinski definition) is 2. The molecule has 3 aromatic rings. The van der Waals surface area contributed by atoms with Crippen molar-refractivity contribution >= 4 is 5.57 Å². The fraction of sp³-hybridized carbons (Fsp3) is 0.375. The van der Waals surface area contributed by atoms with Crippen LogP contribution in [0.3, 0.4) is 0 Å². The average molecular weight is 420 g/mol. The Morgan fingerprint density at radius 3 is 2.55 bits per heavy atom. The molecule has 2 N–H and O–H groups in total. The topological polar surface area (TPSA) is 75.9 Å². The van der Waals surface area contributed by atoms with Crippen LogP contribution in [-0.2, 0) is 0 Å². The molecule has 2 bridgehead atoms. The van der Waals surface area contributed by atoms with Crippen LogP contribution in [0.25, 0.3) is 22.5 Å². The number of aromatic nitrogens is 4. The van der Waals surface area contributed by atoms with Gasteiger partial charge in [0, 0.05) is 35.1 Å². The number of nitrogens with one attached hydrogen (secondary N) is 1. The zero-order chi connectivity index (χ0) is 21.8. The lowest BCUT2D eigenvalue weighted by atomic mass is 9.76. The molecule has 4 heterocycles. The van der Waals surface area contributed by atoms with Crippen LogP contribution in [0, 0.1) is 11.7 Å². The number of imidazole rings is 1. The molecule has 2 saturated heterocycles. The summed E-state index contributed by atoms with van der Waals surface area (Å²) >= 11 is 0. The van der Waals surface area contributed by atoms with Crippen molar-refractivity contribution in [2.24, 2.45) is 5.92 Å². The van der Waals surface area contributed by atoms with Crippen LogP contribution >= 0.6 is 0 Å². The molecular formula is C24H26FN5O. The van der Waals surface area contributed by atoms with Crippen molar-refractivity contribution in [2.75, 3.05) is 0 Å². The maximum atomic E-state index is 14.7. The molecule has 2 aliphatic heterocycles. The number of fused-ring (bicyclic) bond motifs is 2. The molecule has 3 atom stereocenters. The van der Waals surface area contributed by atoms with Gasteiger partial charge in [0.15, 0.2) is 0 Å². The molecule has 0 aliphatic carbocycles. The van der Waals surface area contributed by atoms with Crippen LogP contribution in [0.5, 0.6) is 5.75 Å². The van der Waals surface area contributed by atoms with Crippen LogP contribution < -0.4 is 5.32 Å². The molecule has 0 unspecified atom stereocenters. The first-order valence-electron chi connectivity index (χ1n) is 10.6. The lowest BCUT2D eigenvalue weighted by molar-refractivity contribution is 0.201. The summed E-state index contributed by atoms with van der Waals surface area (Å²) in [5.74, 6) is -0.200. The molecular weight excluding hydrogens is 393 g/mol. The van der Waals surface area contributed by atoms with Crippen LogP contribution in [0.15, 0.2) is 49.8 Å². The monoisotopic (exact) mass is 419 g/mol. The number of phenols is 1. The molecule has 6 nitrogen and oxygen atoms in total. The number of phenolic OH excluding ortho intramolecular Hbond substituents is 1. The normalized spacial score (nSPS) is 27.4. The van der Waals surface area contributed by atoms with Crippen molar-refractivity contribution in [3.8, 4) is 22.7 Å². The summed E-state index contributed by atoms with van der Waals surface area (Å²) in [6, 6.07) is 2.64. The first kappa shape index (κ1) is 19.9. The summed E-state index contributed by atoms with van der Waals surface area (Å²) < 4.78 is 16.2. The summed E-state index contributed by atoms with van der Waals surface area (Å²) in [7, 11) is 0. The van der Waals surface area contributed by atoms with Crippen molar-refractivity contribution in [2.45, 2.75) is 50.6 Å². The standard InChI is InChI=1S/C24H26FN5O/c1-15(16-10-23(2)4-5-24(3,11-16)29-23)19-12-28-20(13-27-19)17-8-18(25)21(9-22(17)31)30-7-6-26-14-30/h6-9,12-14,16,29,31H,1,4-5,10-11H2,2-3H3/t16-,23+,24-. The summed E-state index contributed by atoms with van der Waals surface area (Å²) in [6.45, 7) is 8.91. The van der Waals surface area contributed by atoms with Crippen molar-refractivity contribution in [1.29, 1.82) is 0 Å². The zero-order valence-corrected chi connectivity index (χ0v) is 17.8. The molecule has 7 heteroatoms. The fourth-order valence-electron chi connectivity index (χ4n) is 5.32. The smallest absolute Gasteiger partial charge is 0.148 e. The van der Waals surface area contributed by atoms with Gasteiger partial charge in [-0.15, -0.1) is 0 Å². The largest absolute Gasteiger partial charge is 0.507 e. The van der Waals surface area contributed by atoms with Gasteiger partial charge in [0.05, 0.1) is 35.8 Å². The highest BCUT2D eigenvalue weighted by Crippen LogP contribution is 2.48. The number of allylic oxidation sites excluding steroid dienone is 1. The summed E-state index contributed by atoms with van der Waals surface area (Å²) in [5, 5.41) is 14.3. The fourth-order valence-corrected chi connectivity index (χ4v) is 5.32. The maximum absolute atomic E-state index is 14.7. The van der Waals surface area contributed by atoms with Crippen LogP contribution in [0.4, 0.5) is 4.39 Å². The van der Waals surface area contributed by atoms with Gasteiger partial charge in [0.2, 0.25) is 0 Å². The molecule has 160 valence electrons. The Morgan fingerprint density at radius 1 is 1.19 bits per heavy atom. The maximum Gasteiger partial charge on any atom is 0.148 e. The van der Waals surface area contributed by atoms with E-state index in [1.54, 1.807) is 24.8 Å². The predicted molar refractivity (Wildman–Crippen MR) is 117 cm³/mol. The van der Waals surface area contributed by atoms with Gasteiger partial charge in [-0.05, 0) is 57.1 Å². The minimum absolute atomic E-state index is 0.0678. The summed E-state index contributed by atoms with van der Waals surface area (Å²) in [4.78, 5) is 12.9. The number of aromatic hydroxyl groups is 1. The van der Waals surface area contributed by atoms with Crippen molar-refractivity contribution in [3.05, 3.63) is 61.3 Å². The number of benzene rings is 1. The van der Waals surface area contributed by atoms with E-state index in [9.17, 15) is 9.50 Å². The third-order valence-electron chi connectivity index (χ3n) is 6.82. The molecule has 1 aromatic carbocycles. The second-order valence-electron chi connectivity index (χ2n) is 9.45. The molecule has 2 aliphatic rings. The molecule has 2 aromatic heterocycles. The highest BCUT2D eigenvalue weighted by molar-refractivity contribution is 5.70. The first-order chi connectivity index (χ1) is 14.8. The third-order valence-corrected chi connectivity index (χ3v) is 6.82. The van der Waals surface area contributed by atoms with Gasteiger partial charge in [-0.2, -0.15) is 0 Å². The highest BCUT2D eigenvalue weighted by Gasteiger charge is 2.49. The average Bonchev–Trinajstić information content (AvgIpc) is 3.34. The minimum Gasteiger partial charge on any atom is -0.507 e. The van der Waals surface area contributed by atoms with Gasteiger partial charge >= 0.3 is 0 Å². The van der Waals surface area contributed by atoms with E-state index in [-0.39, 0.29) is 22.5 Å². The quantitative estimate of drug-likeness (QED) is 0.651. The number of rotatable bonds is 4. The second-order valence-corrected chi connectivity index (χ2v) is 9.45. The van der Waals surface area contributed by atoms with E-state index >= 15 is 0 Å². The van der Waals surface area contributed by atoms with Gasteiger partial charge in [0.25, 0.3) is 0 Å². The molecule has 2 fully saturated rings. The molecule has 0 amide bonds. The SMILES string of the molecule is C=C(c1cnc(-c2cc(F)c(-n3ccnc3)cc2O)cn1)[C@@H]1C[C@]2(C)CC[C@](C)(C1)N2. The summed E-state index contributed by atoms with van der Waals surface area (Å²) in [6.07, 6.45) is 12.3. The Hall–Kier alpha value is -3.06. The molecule has 31 heavy (non-hydrogen) atoms. The van der Waals surface area contributed by atoms with Crippen molar-refractivity contribution in [1.82, 2.24) is 24.8 Å². The first-order valence-corrected chi connectivity index (χ1v) is 10.6. The van der Waals surface area contributed by atoms with Gasteiger partial charge in [0.1, 0.15) is 11.6 Å². The molecule has 0 radical (unpaired) electrons. The minimum atomic E-state index is -0.479. The third kappa shape index (κ3) is 3.53. The zero-order valence-electron chi connectivity index (χ0n) is 17.8. The van der Waals surface area contributed by atoms with Gasteiger partial charge < -0.3 is 15.0 Å². The molecule has 0 spiro atoms. The molecule has 0 saturated carbocycles. The Morgan fingerprint density at radius 2 is 1.94 bits per heavy atom. The lowest BCUT2D eigenvalue weighted by Crippen LogP contribution is -2.53. The molecule has 5 rings (SSSR count). The Bertz CT molecular complexity index is 1130. The van der Waals surface area contributed by atoms with E-state index in [4.69, 9.17) is 0 Å². The van der Waals surface area contributed by atoms with E-state index in [1.165, 1.54) is 35.9 Å². The number of hydrogen-bond acceptors (Lipinski definition) is 5. The van der Waals surface area contributed by atoms with Crippen LogP contribution in [-0.4, -0.2) is 35.7 Å². The predicted octanol–water partition coefficient (Wildman–Crippen LogP) is 4.50. The van der Waals surface area contributed by atoms with E-state index in [0.29, 0.717) is 17.2 Å². The second kappa shape index (κ2) is 6.99. The Kier molecular flexibility index (Phi) is 4.48. The number of piperidine rings is 1.